The van der Waals surface area contributed by atoms with Gasteiger partial charge < -0.3 is 5.11 Å². The molecular formula is C13H15FN2O. The molecule has 1 N–H and O–H groups in total. The SMILES string of the molecule is Cc1c(CCCO)cnn1-c1ccccc1F. The standard InChI is InChI=1S/C13H15FN2O/c1-10-11(5-4-8-17)9-15-16(10)13-7-3-2-6-12(13)14/h2-3,6-7,9,17H,4-5,8H2,1H3. The highest BCUT2D eigenvalue weighted by atomic mass is 19.1. The Balaban J connectivity index is 2.34. The van der Waals surface area contributed by atoms with Crippen molar-refractivity contribution in [2.75, 3.05) is 6.61 Å². The van der Waals surface area contributed by atoms with Gasteiger partial charge in [0.1, 0.15) is 11.5 Å². The zero-order valence-corrected chi connectivity index (χ0v) is 9.73. The van der Waals surface area contributed by atoms with Crippen molar-refractivity contribution in [3.63, 3.8) is 0 Å². The van der Waals surface area contributed by atoms with Crippen LogP contribution in [0.2, 0.25) is 0 Å². The van der Waals surface area contributed by atoms with Crippen LogP contribution in [0, 0.1) is 12.7 Å². The smallest absolute Gasteiger partial charge is 0.148 e. The molecule has 2 rings (SSSR count). The van der Waals surface area contributed by atoms with E-state index in [-0.39, 0.29) is 12.4 Å². The molecule has 0 amide bonds. The maximum Gasteiger partial charge on any atom is 0.148 e. The molecule has 0 radical (unpaired) electrons. The summed E-state index contributed by atoms with van der Waals surface area (Å²) < 4.78 is 15.2. The van der Waals surface area contributed by atoms with E-state index in [1.165, 1.54) is 6.07 Å². The summed E-state index contributed by atoms with van der Waals surface area (Å²) in [5.74, 6) is -0.285. The summed E-state index contributed by atoms with van der Waals surface area (Å²) in [6.45, 7) is 2.07. The van der Waals surface area contributed by atoms with Crippen LogP contribution in [0.15, 0.2) is 30.5 Å². The van der Waals surface area contributed by atoms with Crippen LogP contribution in [0.3, 0.4) is 0 Å². The van der Waals surface area contributed by atoms with E-state index in [9.17, 15) is 4.39 Å². The van der Waals surface area contributed by atoms with Crippen molar-refractivity contribution in [3.8, 4) is 5.69 Å². The molecule has 1 aromatic carbocycles. The summed E-state index contributed by atoms with van der Waals surface area (Å²) in [5.41, 5.74) is 2.42. The van der Waals surface area contributed by atoms with Crippen LogP contribution in [0.1, 0.15) is 17.7 Å². The van der Waals surface area contributed by atoms with Gasteiger partial charge in [-0.1, -0.05) is 12.1 Å². The molecule has 0 saturated carbocycles. The molecule has 0 aliphatic heterocycles. The number of nitrogens with zero attached hydrogens (tertiary/aromatic N) is 2. The van der Waals surface area contributed by atoms with Crippen molar-refractivity contribution in [2.24, 2.45) is 0 Å². The third kappa shape index (κ3) is 2.36. The monoisotopic (exact) mass is 234 g/mol. The lowest BCUT2D eigenvalue weighted by Gasteiger charge is -2.06. The summed E-state index contributed by atoms with van der Waals surface area (Å²) in [6, 6.07) is 6.56. The van der Waals surface area contributed by atoms with Crippen LogP contribution >= 0.6 is 0 Å². The van der Waals surface area contributed by atoms with E-state index in [0.717, 1.165) is 17.7 Å². The Morgan fingerprint density at radius 1 is 1.35 bits per heavy atom. The van der Waals surface area contributed by atoms with Crippen molar-refractivity contribution >= 4 is 0 Å². The number of aryl methyl sites for hydroxylation is 1. The number of hydrogen-bond acceptors (Lipinski definition) is 2. The van der Waals surface area contributed by atoms with Gasteiger partial charge in [0.25, 0.3) is 0 Å². The van der Waals surface area contributed by atoms with Crippen LogP contribution in [0.25, 0.3) is 5.69 Å². The normalized spacial score (nSPS) is 10.8. The second-order valence-electron chi connectivity index (χ2n) is 3.95. The number of rotatable bonds is 4. The number of aliphatic hydroxyl groups is 1. The Morgan fingerprint density at radius 2 is 2.12 bits per heavy atom. The first-order valence-electron chi connectivity index (χ1n) is 5.63. The Kier molecular flexibility index (Phi) is 3.54. The molecule has 0 spiro atoms. The van der Waals surface area contributed by atoms with Gasteiger partial charge in [-0.3, -0.25) is 0 Å². The Hall–Kier alpha value is -1.68. The van der Waals surface area contributed by atoms with Crippen LogP contribution in [-0.4, -0.2) is 21.5 Å². The minimum Gasteiger partial charge on any atom is -0.396 e. The first-order chi connectivity index (χ1) is 8.24. The van der Waals surface area contributed by atoms with Gasteiger partial charge in [0, 0.05) is 12.3 Å². The lowest BCUT2D eigenvalue weighted by Crippen LogP contribution is -2.02. The number of aliphatic hydroxyl groups excluding tert-OH is 1. The van der Waals surface area contributed by atoms with Crippen molar-refractivity contribution in [3.05, 3.63) is 47.5 Å². The molecule has 17 heavy (non-hydrogen) atoms. The predicted octanol–water partition coefficient (Wildman–Crippen LogP) is 2.24. The fraction of sp³-hybridized carbons (Fsp3) is 0.308. The number of hydrogen-bond donors (Lipinski definition) is 1. The maximum absolute atomic E-state index is 13.6. The number of benzene rings is 1. The fourth-order valence-corrected chi connectivity index (χ4v) is 1.82. The summed E-state index contributed by atoms with van der Waals surface area (Å²) in [5, 5.41) is 13.0. The van der Waals surface area contributed by atoms with Crippen molar-refractivity contribution in [1.29, 1.82) is 0 Å². The van der Waals surface area contributed by atoms with Crippen LogP contribution in [-0.2, 0) is 6.42 Å². The highest BCUT2D eigenvalue weighted by Crippen LogP contribution is 2.17. The molecule has 3 nitrogen and oxygen atoms in total. The molecule has 0 unspecified atom stereocenters. The second-order valence-corrected chi connectivity index (χ2v) is 3.95. The number of aromatic nitrogens is 2. The van der Waals surface area contributed by atoms with Gasteiger partial charge in [-0.05, 0) is 37.5 Å². The van der Waals surface area contributed by atoms with Crippen LogP contribution in [0.5, 0.6) is 0 Å². The lowest BCUT2D eigenvalue weighted by atomic mass is 10.1. The molecule has 2 aromatic rings. The average molecular weight is 234 g/mol. The second kappa shape index (κ2) is 5.10. The largest absolute Gasteiger partial charge is 0.396 e. The van der Waals surface area contributed by atoms with Crippen molar-refractivity contribution in [2.45, 2.75) is 19.8 Å². The Morgan fingerprint density at radius 3 is 2.82 bits per heavy atom. The van der Waals surface area contributed by atoms with E-state index in [4.69, 9.17) is 5.11 Å². The van der Waals surface area contributed by atoms with E-state index in [2.05, 4.69) is 5.10 Å². The first-order valence-corrected chi connectivity index (χ1v) is 5.63. The molecule has 1 heterocycles. The summed E-state index contributed by atoms with van der Waals surface area (Å²) in [4.78, 5) is 0. The number of para-hydroxylation sites is 1. The van der Waals surface area contributed by atoms with Gasteiger partial charge in [0.2, 0.25) is 0 Å². The highest BCUT2D eigenvalue weighted by molar-refractivity contribution is 5.36. The van der Waals surface area contributed by atoms with Gasteiger partial charge in [0.15, 0.2) is 0 Å². The average Bonchev–Trinajstić information content (AvgIpc) is 2.69. The topological polar surface area (TPSA) is 38.1 Å². The highest BCUT2D eigenvalue weighted by Gasteiger charge is 2.10. The lowest BCUT2D eigenvalue weighted by molar-refractivity contribution is 0.288. The van der Waals surface area contributed by atoms with Crippen LogP contribution < -0.4 is 0 Å². The van der Waals surface area contributed by atoms with Crippen molar-refractivity contribution < 1.29 is 9.50 Å². The molecule has 0 aliphatic rings. The first kappa shape index (κ1) is 11.8. The van der Waals surface area contributed by atoms with E-state index < -0.39 is 0 Å². The summed E-state index contributed by atoms with van der Waals surface area (Å²) in [6.07, 6.45) is 3.19. The van der Waals surface area contributed by atoms with Gasteiger partial charge >= 0.3 is 0 Å². The molecule has 4 heteroatoms. The Labute approximate surface area is 99.5 Å². The summed E-state index contributed by atoms with van der Waals surface area (Å²) in [7, 11) is 0. The molecule has 0 fully saturated rings. The minimum absolute atomic E-state index is 0.157. The predicted molar refractivity (Wildman–Crippen MR) is 63.7 cm³/mol. The Bertz CT molecular complexity index is 508. The zero-order chi connectivity index (χ0) is 12.3. The zero-order valence-electron chi connectivity index (χ0n) is 9.73. The fourth-order valence-electron chi connectivity index (χ4n) is 1.82. The van der Waals surface area contributed by atoms with Crippen LogP contribution in [0.4, 0.5) is 4.39 Å². The quantitative estimate of drug-likeness (QED) is 0.881. The molecule has 1 aromatic heterocycles. The minimum atomic E-state index is -0.285. The number of halogens is 1. The third-order valence-electron chi connectivity index (χ3n) is 2.80. The van der Waals surface area contributed by atoms with Gasteiger partial charge in [0.05, 0.1) is 6.20 Å². The van der Waals surface area contributed by atoms with Gasteiger partial charge in [-0.2, -0.15) is 5.10 Å². The third-order valence-corrected chi connectivity index (χ3v) is 2.80. The molecule has 90 valence electrons. The van der Waals surface area contributed by atoms with Gasteiger partial charge in [-0.15, -0.1) is 0 Å². The van der Waals surface area contributed by atoms with E-state index in [1.807, 2.05) is 6.92 Å². The molecule has 0 aliphatic carbocycles. The van der Waals surface area contributed by atoms with Crippen molar-refractivity contribution in [1.82, 2.24) is 9.78 Å². The van der Waals surface area contributed by atoms with Gasteiger partial charge in [-0.25, -0.2) is 9.07 Å². The molecule has 0 bridgehead atoms. The van der Waals surface area contributed by atoms with E-state index in [1.54, 1.807) is 29.1 Å². The molecule has 0 atom stereocenters. The molecular weight excluding hydrogens is 219 g/mol. The molecule has 0 saturated heterocycles. The van der Waals surface area contributed by atoms with E-state index >= 15 is 0 Å². The van der Waals surface area contributed by atoms with E-state index in [0.29, 0.717) is 12.1 Å². The summed E-state index contributed by atoms with van der Waals surface area (Å²) >= 11 is 0. The maximum atomic E-state index is 13.6.